The van der Waals surface area contributed by atoms with Gasteiger partial charge in [-0.15, -0.1) is 0 Å². The molecule has 4 nitrogen and oxygen atoms in total. The van der Waals surface area contributed by atoms with Gasteiger partial charge in [0.2, 0.25) is 0 Å². The van der Waals surface area contributed by atoms with Crippen LogP contribution in [0.5, 0.6) is 11.5 Å². The number of rotatable bonds is 3. The second-order valence-corrected chi connectivity index (χ2v) is 7.01. The third kappa shape index (κ3) is 2.74. The van der Waals surface area contributed by atoms with Gasteiger partial charge in [0.1, 0.15) is 0 Å². The van der Waals surface area contributed by atoms with E-state index in [4.69, 9.17) is 21.1 Å². The highest BCUT2D eigenvalue weighted by molar-refractivity contribution is 6.30. The molecule has 1 atom stereocenters. The molecule has 0 fully saturated rings. The topological polar surface area (TPSA) is 47.6 Å². The van der Waals surface area contributed by atoms with Crippen molar-refractivity contribution in [3.8, 4) is 11.5 Å². The predicted molar refractivity (Wildman–Crippen MR) is 102 cm³/mol. The average Bonchev–Trinajstić information content (AvgIpc) is 2.66. The van der Waals surface area contributed by atoms with Crippen LogP contribution >= 0.6 is 11.6 Å². The second-order valence-electron chi connectivity index (χ2n) is 6.57. The summed E-state index contributed by atoms with van der Waals surface area (Å²) in [7, 11) is 3.24. The van der Waals surface area contributed by atoms with E-state index in [0.717, 1.165) is 40.9 Å². The molecule has 5 heteroatoms. The molecule has 0 radical (unpaired) electrons. The van der Waals surface area contributed by atoms with Gasteiger partial charge in [-0.2, -0.15) is 0 Å². The monoisotopic (exact) mass is 369 g/mol. The number of nitrogens with one attached hydrogen (secondary N) is 1. The van der Waals surface area contributed by atoms with Crippen molar-refractivity contribution in [1.29, 1.82) is 0 Å². The molecule has 134 valence electrons. The van der Waals surface area contributed by atoms with E-state index in [1.54, 1.807) is 14.2 Å². The minimum absolute atomic E-state index is 0.133. The summed E-state index contributed by atoms with van der Waals surface area (Å²) in [5.41, 5.74) is 4.89. The summed E-state index contributed by atoms with van der Waals surface area (Å²) in [5, 5.41) is 4.14. The Labute approximate surface area is 157 Å². The van der Waals surface area contributed by atoms with Crippen LogP contribution in [0.2, 0.25) is 5.02 Å². The van der Waals surface area contributed by atoms with Gasteiger partial charge < -0.3 is 14.8 Å². The average molecular weight is 370 g/mol. The van der Waals surface area contributed by atoms with E-state index in [0.29, 0.717) is 22.9 Å². The van der Waals surface area contributed by atoms with Gasteiger partial charge in [-0.3, -0.25) is 4.79 Å². The first kappa shape index (κ1) is 17.0. The van der Waals surface area contributed by atoms with E-state index in [-0.39, 0.29) is 11.7 Å². The number of methoxy groups -OCH3 is 2. The normalized spacial score (nSPS) is 18.7. The third-order valence-corrected chi connectivity index (χ3v) is 5.35. The van der Waals surface area contributed by atoms with Crippen LogP contribution in [-0.2, 0) is 4.79 Å². The second kappa shape index (κ2) is 6.69. The summed E-state index contributed by atoms with van der Waals surface area (Å²) in [5.74, 6) is 1.39. The lowest BCUT2D eigenvalue weighted by molar-refractivity contribution is -0.116. The van der Waals surface area contributed by atoms with E-state index >= 15 is 0 Å². The molecule has 0 saturated carbocycles. The fraction of sp³-hybridized carbons (Fsp3) is 0.286. The molecule has 1 aliphatic carbocycles. The number of anilines is 1. The highest BCUT2D eigenvalue weighted by atomic mass is 35.5. The smallest absolute Gasteiger partial charge is 0.162 e. The molecular weight excluding hydrogens is 350 g/mol. The minimum atomic E-state index is -0.133. The van der Waals surface area contributed by atoms with Gasteiger partial charge in [0, 0.05) is 40.4 Å². The lowest BCUT2D eigenvalue weighted by Gasteiger charge is -2.34. The fourth-order valence-electron chi connectivity index (χ4n) is 3.89. The van der Waals surface area contributed by atoms with Crippen LogP contribution in [0.1, 0.15) is 36.3 Å². The van der Waals surface area contributed by atoms with E-state index in [9.17, 15) is 4.79 Å². The number of carbonyl (C=O) groups is 1. The first-order valence-electron chi connectivity index (χ1n) is 8.67. The number of allylic oxidation sites excluding steroid dienone is 2. The summed E-state index contributed by atoms with van der Waals surface area (Å²) in [6.45, 7) is 0. The van der Waals surface area contributed by atoms with Crippen molar-refractivity contribution in [2.24, 2.45) is 0 Å². The Morgan fingerprint density at radius 2 is 1.73 bits per heavy atom. The van der Waals surface area contributed by atoms with Gasteiger partial charge in [0.15, 0.2) is 17.3 Å². The van der Waals surface area contributed by atoms with Crippen LogP contribution in [0.15, 0.2) is 47.7 Å². The maximum Gasteiger partial charge on any atom is 0.162 e. The Morgan fingerprint density at radius 3 is 2.42 bits per heavy atom. The first-order valence-corrected chi connectivity index (χ1v) is 9.05. The van der Waals surface area contributed by atoms with Gasteiger partial charge in [-0.25, -0.2) is 0 Å². The number of fused-ring (bicyclic) bond motifs is 1. The van der Waals surface area contributed by atoms with Crippen molar-refractivity contribution in [2.45, 2.75) is 25.2 Å². The zero-order valence-corrected chi connectivity index (χ0v) is 15.5. The summed E-state index contributed by atoms with van der Waals surface area (Å²) in [6, 6.07) is 11.6. The minimum Gasteiger partial charge on any atom is -0.493 e. The summed E-state index contributed by atoms with van der Waals surface area (Å²) < 4.78 is 10.9. The number of Topliss-reactive ketones (excluding diaryl/α,β-unsaturated/α-hetero) is 1. The largest absolute Gasteiger partial charge is 0.493 e. The zero-order valence-electron chi connectivity index (χ0n) is 14.8. The van der Waals surface area contributed by atoms with Gasteiger partial charge in [-0.05, 0) is 42.2 Å². The van der Waals surface area contributed by atoms with E-state index in [2.05, 4.69) is 5.32 Å². The van der Waals surface area contributed by atoms with Crippen LogP contribution < -0.4 is 14.8 Å². The lowest BCUT2D eigenvalue weighted by Crippen LogP contribution is -2.27. The number of ketones is 1. The molecule has 0 unspecified atom stereocenters. The molecule has 4 rings (SSSR count). The van der Waals surface area contributed by atoms with Crippen molar-refractivity contribution in [3.05, 3.63) is 63.8 Å². The molecule has 26 heavy (non-hydrogen) atoms. The number of hydrogen-bond acceptors (Lipinski definition) is 4. The molecule has 2 aromatic rings. The molecule has 0 amide bonds. The summed E-state index contributed by atoms with van der Waals surface area (Å²) >= 11 is 6.08. The van der Waals surface area contributed by atoms with Crippen LogP contribution in [0, 0.1) is 0 Å². The summed E-state index contributed by atoms with van der Waals surface area (Å²) in [4.78, 5) is 12.8. The van der Waals surface area contributed by atoms with Crippen LogP contribution in [0.25, 0.3) is 0 Å². The fourth-order valence-corrected chi connectivity index (χ4v) is 4.02. The number of halogens is 1. The Kier molecular flexibility index (Phi) is 4.37. The first-order chi connectivity index (χ1) is 12.6. The van der Waals surface area contributed by atoms with Crippen molar-refractivity contribution < 1.29 is 14.3 Å². The lowest BCUT2D eigenvalue weighted by atomic mass is 9.75. The van der Waals surface area contributed by atoms with Crippen molar-refractivity contribution in [3.63, 3.8) is 0 Å². The van der Waals surface area contributed by atoms with Crippen molar-refractivity contribution >= 4 is 23.1 Å². The van der Waals surface area contributed by atoms with Gasteiger partial charge >= 0.3 is 0 Å². The van der Waals surface area contributed by atoms with Crippen molar-refractivity contribution in [2.75, 3.05) is 19.5 Å². The quantitative estimate of drug-likeness (QED) is 0.834. The Hall–Kier alpha value is -2.46. The number of benzene rings is 2. The molecule has 2 aliphatic rings. The molecule has 1 heterocycles. The molecule has 0 aromatic heterocycles. The van der Waals surface area contributed by atoms with E-state index in [1.807, 2.05) is 36.4 Å². The van der Waals surface area contributed by atoms with Crippen LogP contribution in [0.3, 0.4) is 0 Å². The summed E-state index contributed by atoms with van der Waals surface area (Å²) in [6.07, 6.45) is 2.34. The molecule has 1 N–H and O–H groups in total. The highest BCUT2D eigenvalue weighted by Gasteiger charge is 2.35. The highest BCUT2D eigenvalue weighted by Crippen LogP contribution is 2.48. The number of hydrogen-bond donors (Lipinski definition) is 1. The Morgan fingerprint density at radius 1 is 1.04 bits per heavy atom. The standard InChI is InChI=1S/C21H20ClNO3/c1-25-18-10-14-16(11-19(18)26-2)23-15-4-3-5-17(24)21(15)20(14)12-6-8-13(22)9-7-12/h6-11,20,23H,3-5H2,1-2H3/t20-/m1/s1. The van der Waals surface area contributed by atoms with Gasteiger partial charge in [0.05, 0.1) is 14.2 Å². The van der Waals surface area contributed by atoms with Crippen LogP contribution in [-0.4, -0.2) is 20.0 Å². The molecule has 0 spiro atoms. The Balaban J connectivity index is 1.94. The number of ether oxygens (including phenoxy) is 2. The number of carbonyl (C=O) groups excluding carboxylic acids is 1. The maximum atomic E-state index is 12.8. The van der Waals surface area contributed by atoms with E-state index < -0.39 is 0 Å². The van der Waals surface area contributed by atoms with Crippen molar-refractivity contribution in [1.82, 2.24) is 0 Å². The maximum absolute atomic E-state index is 12.8. The third-order valence-electron chi connectivity index (χ3n) is 5.10. The van der Waals surface area contributed by atoms with Gasteiger partial charge in [0.25, 0.3) is 0 Å². The molecule has 0 bridgehead atoms. The SMILES string of the molecule is COc1cc2c(cc1OC)[C@@H](c1ccc(Cl)cc1)C1=C(CCCC1=O)N2. The molecule has 2 aromatic carbocycles. The van der Waals surface area contributed by atoms with Gasteiger partial charge in [-0.1, -0.05) is 23.7 Å². The Bertz CT molecular complexity index is 902. The molecular formula is C21H20ClNO3. The molecule has 0 saturated heterocycles. The molecule has 1 aliphatic heterocycles. The van der Waals surface area contributed by atoms with E-state index in [1.165, 1.54) is 0 Å². The zero-order chi connectivity index (χ0) is 18.3. The van der Waals surface area contributed by atoms with Crippen LogP contribution in [0.4, 0.5) is 5.69 Å². The predicted octanol–water partition coefficient (Wildman–Crippen LogP) is 4.92.